The van der Waals surface area contributed by atoms with Crippen LogP contribution in [0.25, 0.3) is 0 Å². The van der Waals surface area contributed by atoms with E-state index in [-0.39, 0.29) is 11.9 Å². The van der Waals surface area contributed by atoms with E-state index in [2.05, 4.69) is 50.2 Å². The standard InChI is InChI=1S/C17H18Br2FN/c1-2-9-21-17(11-12-5-3-4-6-14(12)18)13-7-8-15(19)16(20)10-13/h3-8,10,17,21H,2,9,11H2,1H3. The van der Waals surface area contributed by atoms with Crippen LogP contribution in [0.1, 0.15) is 30.5 Å². The summed E-state index contributed by atoms with van der Waals surface area (Å²) in [4.78, 5) is 0. The minimum Gasteiger partial charge on any atom is -0.310 e. The van der Waals surface area contributed by atoms with Gasteiger partial charge in [0.2, 0.25) is 0 Å². The highest BCUT2D eigenvalue weighted by atomic mass is 79.9. The highest BCUT2D eigenvalue weighted by Gasteiger charge is 2.14. The van der Waals surface area contributed by atoms with Crippen molar-refractivity contribution >= 4 is 31.9 Å². The maximum atomic E-state index is 13.8. The van der Waals surface area contributed by atoms with Gasteiger partial charge in [-0.05, 0) is 64.6 Å². The van der Waals surface area contributed by atoms with Crippen LogP contribution in [0.5, 0.6) is 0 Å². The molecule has 0 aliphatic rings. The van der Waals surface area contributed by atoms with Gasteiger partial charge >= 0.3 is 0 Å². The fraction of sp³-hybridized carbons (Fsp3) is 0.294. The molecule has 0 radical (unpaired) electrons. The Hall–Kier alpha value is -0.710. The molecule has 0 spiro atoms. The van der Waals surface area contributed by atoms with E-state index in [1.165, 1.54) is 5.56 Å². The molecular formula is C17H18Br2FN. The molecule has 1 N–H and O–H groups in total. The van der Waals surface area contributed by atoms with E-state index in [9.17, 15) is 4.39 Å². The van der Waals surface area contributed by atoms with Crippen molar-refractivity contribution < 1.29 is 4.39 Å². The predicted molar refractivity (Wildman–Crippen MR) is 93.0 cm³/mol. The molecule has 0 aliphatic heterocycles. The second kappa shape index (κ2) is 8.06. The molecule has 2 rings (SSSR count). The zero-order chi connectivity index (χ0) is 15.2. The smallest absolute Gasteiger partial charge is 0.137 e. The molecule has 0 heterocycles. The second-order valence-electron chi connectivity index (χ2n) is 4.98. The van der Waals surface area contributed by atoms with Gasteiger partial charge in [0, 0.05) is 10.5 Å². The molecule has 0 saturated heterocycles. The Morgan fingerprint density at radius 2 is 1.86 bits per heavy atom. The van der Waals surface area contributed by atoms with Gasteiger partial charge in [0.05, 0.1) is 4.47 Å². The van der Waals surface area contributed by atoms with Crippen molar-refractivity contribution in [3.63, 3.8) is 0 Å². The Labute approximate surface area is 142 Å². The summed E-state index contributed by atoms with van der Waals surface area (Å²) in [6.45, 7) is 3.04. The molecule has 21 heavy (non-hydrogen) atoms. The molecular weight excluding hydrogens is 397 g/mol. The Morgan fingerprint density at radius 3 is 2.52 bits per heavy atom. The van der Waals surface area contributed by atoms with Gasteiger partial charge < -0.3 is 5.32 Å². The third-order valence-electron chi connectivity index (χ3n) is 3.37. The van der Waals surface area contributed by atoms with Crippen molar-refractivity contribution in [1.82, 2.24) is 5.32 Å². The number of benzene rings is 2. The van der Waals surface area contributed by atoms with Gasteiger partial charge in [-0.2, -0.15) is 0 Å². The number of hydrogen-bond acceptors (Lipinski definition) is 1. The van der Waals surface area contributed by atoms with Gasteiger partial charge in [0.25, 0.3) is 0 Å². The molecule has 1 nitrogen and oxygen atoms in total. The van der Waals surface area contributed by atoms with Gasteiger partial charge in [-0.15, -0.1) is 0 Å². The monoisotopic (exact) mass is 413 g/mol. The van der Waals surface area contributed by atoms with E-state index < -0.39 is 0 Å². The van der Waals surface area contributed by atoms with Gasteiger partial charge in [-0.25, -0.2) is 4.39 Å². The van der Waals surface area contributed by atoms with Gasteiger partial charge in [0.15, 0.2) is 0 Å². The molecule has 0 amide bonds. The molecule has 0 aromatic heterocycles. The molecule has 4 heteroatoms. The van der Waals surface area contributed by atoms with E-state index in [1.54, 1.807) is 12.1 Å². The number of rotatable bonds is 6. The fourth-order valence-corrected chi connectivity index (χ4v) is 2.93. The van der Waals surface area contributed by atoms with E-state index in [0.29, 0.717) is 4.47 Å². The minimum atomic E-state index is -0.220. The average molecular weight is 415 g/mol. The van der Waals surface area contributed by atoms with E-state index in [0.717, 1.165) is 29.4 Å². The summed E-state index contributed by atoms with van der Waals surface area (Å²) >= 11 is 6.79. The Balaban J connectivity index is 2.25. The summed E-state index contributed by atoms with van der Waals surface area (Å²) in [6.07, 6.45) is 1.87. The first-order chi connectivity index (χ1) is 10.1. The summed E-state index contributed by atoms with van der Waals surface area (Å²) in [5, 5.41) is 3.51. The predicted octanol–water partition coefficient (Wildman–Crippen LogP) is 5.63. The minimum absolute atomic E-state index is 0.103. The molecule has 2 aromatic rings. The van der Waals surface area contributed by atoms with Crippen molar-refractivity contribution in [2.75, 3.05) is 6.54 Å². The quantitative estimate of drug-likeness (QED) is 0.645. The van der Waals surface area contributed by atoms with Gasteiger partial charge in [0.1, 0.15) is 5.82 Å². The highest BCUT2D eigenvalue weighted by Crippen LogP contribution is 2.26. The van der Waals surface area contributed by atoms with Crippen molar-refractivity contribution in [3.8, 4) is 0 Å². The highest BCUT2D eigenvalue weighted by molar-refractivity contribution is 9.10. The third kappa shape index (κ3) is 4.63. The van der Waals surface area contributed by atoms with Crippen LogP contribution in [-0.4, -0.2) is 6.54 Å². The molecule has 0 aliphatic carbocycles. The van der Waals surface area contributed by atoms with Crippen molar-refractivity contribution in [3.05, 3.63) is 68.4 Å². The zero-order valence-electron chi connectivity index (χ0n) is 11.9. The summed E-state index contributed by atoms with van der Waals surface area (Å²) in [6, 6.07) is 13.6. The van der Waals surface area contributed by atoms with Crippen LogP contribution in [0, 0.1) is 5.82 Å². The van der Waals surface area contributed by atoms with Crippen LogP contribution < -0.4 is 5.32 Å². The molecule has 2 aromatic carbocycles. The topological polar surface area (TPSA) is 12.0 Å². The maximum Gasteiger partial charge on any atom is 0.137 e. The van der Waals surface area contributed by atoms with E-state index in [4.69, 9.17) is 0 Å². The Kier molecular flexibility index (Phi) is 6.40. The summed E-state index contributed by atoms with van der Waals surface area (Å²) < 4.78 is 15.4. The molecule has 0 fully saturated rings. The lowest BCUT2D eigenvalue weighted by Gasteiger charge is -2.20. The molecule has 112 valence electrons. The number of hydrogen-bond donors (Lipinski definition) is 1. The third-order valence-corrected chi connectivity index (χ3v) is 4.79. The van der Waals surface area contributed by atoms with E-state index in [1.807, 2.05) is 24.3 Å². The van der Waals surface area contributed by atoms with E-state index >= 15 is 0 Å². The first-order valence-corrected chi connectivity index (χ1v) is 8.62. The van der Waals surface area contributed by atoms with Crippen LogP contribution in [-0.2, 0) is 6.42 Å². The Morgan fingerprint density at radius 1 is 1.10 bits per heavy atom. The van der Waals surface area contributed by atoms with Crippen LogP contribution in [0.2, 0.25) is 0 Å². The average Bonchev–Trinajstić information content (AvgIpc) is 2.48. The van der Waals surface area contributed by atoms with Gasteiger partial charge in [-0.1, -0.05) is 47.1 Å². The number of halogens is 3. The van der Waals surface area contributed by atoms with Crippen molar-refractivity contribution in [2.45, 2.75) is 25.8 Å². The second-order valence-corrected chi connectivity index (χ2v) is 6.68. The lowest BCUT2D eigenvalue weighted by atomic mass is 9.98. The van der Waals surface area contributed by atoms with Crippen LogP contribution in [0.15, 0.2) is 51.4 Å². The van der Waals surface area contributed by atoms with Crippen molar-refractivity contribution in [2.24, 2.45) is 0 Å². The SMILES string of the molecule is CCCNC(Cc1ccccc1Br)c1ccc(Br)c(F)c1. The lowest BCUT2D eigenvalue weighted by molar-refractivity contribution is 0.523. The van der Waals surface area contributed by atoms with Crippen LogP contribution >= 0.6 is 31.9 Å². The molecule has 0 saturated carbocycles. The normalized spacial score (nSPS) is 12.4. The summed E-state index contributed by atoms with van der Waals surface area (Å²) in [7, 11) is 0. The van der Waals surface area contributed by atoms with Crippen LogP contribution in [0.3, 0.4) is 0 Å². The maximum absolute atomic E-state index is 13.8. The lowest BCUT2D eigenvalue weighted by Crippen LogP contribution is -2.24. The summed E-state index contributed by atoms with van der Waals surface area (Å²) in [5.41, 5.74) is 2.19. The van der Waals surface area contributed by atoms with Crippen LogP contribution in [0.4, 0.5) is 4.39 Å². The summed E-state index contributed by atoms with van der Waals surface area (Å²) in [5.74, 6) is -0.220. The number of nitrogens with one attached hydrogen (secondary N) is 1. The first-order valence-electron chi connectivity index (χ1n) is 7.03. The Bertz CT molecular complexity index is 601. The van der Waals surface area contributed by atoms with Crippen molar-refractivity contribution in [1.29, 1.82) is 0 Å². The fourth-order valence-electron chi connectivity index (χ4n) is 2.24. The zero-order valence-corrected chi connectivity index (χ0v) is 15.0. The molecule has 1 atom stereocenters. The molecule has 0 bridgehead atoms. The van der Waals surface area contributed by atoms with Gasteiger partial charge in [-0.3, -0.25) is 0 Å². The largest absolute Gasteiger partial charge is 0.310 e. The first kappa shape index (κ1) is 16.7. The molecule has 1 unspecified atom stereocenters.